The number of allylic oxidation sites excluding steroid dienone is 1. The molecule has 0 aromatic heterocycles. The maximum absolute atomic E-state index is 10.9. The Labute approximate surface area is 73.6 Å². The molecule has 1 rings (SSSR count). The second kappa shape index (κ2) is 4.29. The summed E-state index contributed by atoms with van der Waals surface area (Å²) in [4.78, 5) is 10.9. The molecule has 0 amide bonds. The molecule has 0 bridgehead atoms. The Hall–Kier alpha value is -0.790. The van der Waals surface area contributed by atoms with E-state index in [9.17, 15) is 4.79 Å². The number of ether oxygens (including phenoxy) is 1. The normalized spacial score (nSPS) is 23.8. The van der Waals surface area contributed by atoms with Crippen LogP contribution in [0.2, 0.25) is 0 Å². The predicted octanol–water partition coefficient (Wildman–Crippen LogP) is 2.30. The summed E-state index contributed by atoms with van der Waals surface area (Å²) >= 11 is 0. The summed E-state index contributed by atoms with van der Waals surface area (Å²) in [6, 6.07) is 0. The Morgan fingerprint density at radius 2 is 2.50 bits per heavy atom. The minimum Gasteiger partial charge on any atom is -0.469 e. The number of methoxy groups -OCH3 is 1. The first-order valence-electron chi connectivity index (χ1n) is 4.46. The van der Waals surface area contributed by atoms with Gasteiger partial charge in [0.2, 0.25) is 0 Å². The fraction of sp³-hybridized carbons (Fsp3) is 0.700. The highest BCUT2D eigenvalue weighted by atomic mass is 16.5. The van der Waals surface area contributed by atoms with Crippen molar-refractivity contribution in [3.8, 4) is 0 Å². The lowest BCUT2D eigenvalue weighted by Crippen LogP contribution is -2.13. The van der Waals surface area contributed by atoms with E-state index in [4.69, 9.17) is 0 Å². The Bertz CT molecular complexity index is 184. The zero-order chi connectivity index (χ0) is 8.97. The molecule has 2 nitrogen and oxygen atoms in total. The lowest BCUT2D eigenvalue weighted by atomic mass is 9.84. The zero-order valence-electron chi connectivity index (χ0n) is 7.64. The van der Waals surface area contributed by atoms with Crippen LogP contribution in [0.5, 0.6) is 0 Å². The monoisotopic (exact) mass is 168 g/mol. The largest absolute Gasteiger partial charge is 0.469 e. The highest BCUT2D eigenvalue weighted by Crippen LogP contribution is 2.29. The second-order valence-electron chi connectivity index (χ2n) is 3.49. The number of esters is 1. The van der Waals surface area contributed by atoms with Gasteiger partial charge in [0, 0.05) is 6.42 Å². The fourth-order valence-corrected chi connectivity index (χ4v) is 1.75. The molecular formula is C10H16O2. The van der Waals surface area contributed by atoms with Gasteiger partial charge in [0.25, 0.3) is 0 Å². The number of carbonyl (C=O) groups excluding carboxylic acids is 1. The van der Waals surface area contributed by atoms with Crippen LogP contribution in [0.1, 0.15) is 32.1 Å². The number of carbonyl (C=O) groups is 1. The SMILES string of the molecule is C=C1CCCC(CC(=O)OC)C1. The van der Waals surface area contributed by atoms with Crippen molar-refractivity contribution >= 4 is 5.97 Å². The Kier molecular flexibility index (Phi) is 3.32. The minimum atomic E-state index is -0.0882. The quantitative estimate of drug-likeness (QED) is 0.467. The third-order valence-electron chi connectivity index (χ3n) is 2.40. The van der Waals surface area contributed by atoms with Gasteiger partial charge in [-0.1, -0.05) is 12.2 Å². The first-order chi connectivity index (χ1) is 5.72. The van der Waals surface area contributed by atoms with Gasteiger partial charge in [0.1, 0.15) is 0 Å². The Balaban J connectivity index is 2.32. The molecule has 1 atom stereocenters. The molecule has 0 aliphatic heterocycles. The Morgan fingerprint density at radius 1 is 1.75 bits per heavy atom. The molecule has 12 heavy (non-hydrogen) atoms. The molecule has 0 heterocycles. The van der Waals surface area contributed by atoms with Crippen molar-refractivity contribution in [3.05, 3.63) is 12.2 Å². The van der Waals surface area contributed by atoms with Crippen molar-refractivity contribution in [2.75, 3.05) is 7.11 Å². The summed E-state index contributed by atoms with van der Waals surface area (Å²) in [5.74, 6) is 0.397. The summed E-state index contributed by atoms with van der Waals surface area (Å²) in [6.07, 6.45) is 5.04. The standard InChI is InChI=1S/C10H16O2/c1-8-4-3-5-9(6-8)7-10(11)12-2/h9H,1,3-7H2,2H3. The van der Waals surface area contributed by atoms with Gasteiger partial charge in [-0.3, -0.25) is 4.79 Å². The van der Waals surface area contributed by atoms with E-state index in [2.05, 4.69) is 11.3 Å². The average molecular weight is 168 g/mol. The highest BCUT2D eigenvalue weighted by Gasteiger charge is 2.18. The van der Waals surface area contributed by atoms with E-state index in [1.54, 1.807) is 0 Å². The molecular weight excluding hydrogens is 152 g/mol. The molecule has 0 N–H and O–H groups in total. The highest BCUT2D eigenvalue weighted by molar-refractivity contribution is 5.69. The molecule has 0 aromatic carbocycles. The van der Waals surface area contributed by atoms with Gasteiger partial charge in [-0.25, -0.2) is 0 Å². The molecule has 2 heteroatoms. The van der Waals surface area contributed by atoms with Gasteiger partial charge in [-0.05, 0) is 31.6 Å². The van der Waals surface area contributed by atoms with E-state index in [1.807, 2.05) is 0 Å². The third-order valence-corrected chi connectivity index (χ3v) is 2.40. The fourth-order valence-electron chi connectivity index (χ4n) is 1.75. The van der Waals surface area contributed by atoms with Crippen LogP contribution in [0.3, 0.4) is 0 Å². The van der Waals surface area contributed by atoms with Crippen LogP contribution in [0.15, 0.2) is 12.2 Å². The van der Waals surface area contributed by atoms with E-state index >= 15 is 0 Å². The smallest absolute Gasteiger partial charge is 0.305 e. The molecule has 1 aliphatic rings. The summed E-state index contributed by atoms with van der Waals surface area (Å²) in [6.45, 7) is 3.95. The molecule has 0 aromatic rings. The lowest BCUT2D eigenvalue weighted by molar-refractivity contribution is -0.141. The van der Waals surface area contributed by atoms with Gasteiger partial charge >= 0.3 is 5.97 Å². The van der Waals surface area contributed by atoms with Crippen LogP contribution in [0.25, 0.3) is 0 Å². The summed E-state index contributed by atoms with van der Waals surface area (Å²) in [7, 11) is 1.44. The maximum atomic E-state index is 10.9. The summed E-state index contributed by atoms with van der Waals surface area (Å²) < 4.78 is 4.62. The number of hydrogen-bond acceptors (Lipinski definition) is 2. The Morgan fingerprint density at radius 3 is 3.08 bits per heavy atom. The first kappa shape index (κ1) is 9.30. The van der Waals surface area contributed by atoms with E-state index in [0.717, 1.165) is 19.3 Å². The van der Waals surface area contributed by atoms with Crippen molar-refractivity contribution in [2.24, 2.45) is 5.92 Å². The molecule has 1 unspecified atom stereocenters. The summed E-state index contributed by atoms with van der Waals surface area (Å²) in [5, 5.41) is 0. The van der Waals surface area contributed by atoms with Gasteiger partial charge in [0.05, 0.1) is 7.11 Å². The molecule has 1 saturated carbocycles. The van der Waals surface area contributed by atoms with Crippen LogP contribution < -0.4 is 0 Å². The maximum Gasteiger partial charge on any atom is 0.305 e. The third kappa shape index (κ3) is 2.68. The van der Waals surface area contributed by atoms with Crippen LogP contribution in [0.4, 0.5) is 0 Å². The van der Waals surface area contributed by atoms with Crippen LogP contribution in [0, 0.1) is 5.92 Å². The van der Waals surface area contributed by atoms with Crippen molar-refractivity contribution in [1.82, 2.24) is 0 Å². The lowest BCUT2D eigenvalue weighted by Gasteiger charge is -2.22. The van der Waals surface area contributed by atoms with Gasteiger partial charge in [0.15, 0.2) is 0 Å². The number of hydrogen-bond donors (Lipinski definition) is 0. The molecule has 0 saturated heterocycles. The topological polar surface area (TPSA) is 26.3 Å². The summed E-state index contributed by atoms with van der Waals surface area (Å²) in [5.41, 5.74) is 1.29. The van der Waals surface area contributed by atoms with Gasteiger partial charge < -0.3 is 4.74 Å². The van der Waals surface area contributed by atoms with E-state index < -0.39 is 0 Å². The first-order valence-corrected chi connectivity index (χ1v) is 4.46. The van der Waals surface area contributed by atoms with Crippen LogP contribution in [-0.2, 0) is 9.53 Å². The second-order valence-corrected chi connectivity index (χ2v) is 3.49. The van der Waals surface area contributed by atoms with E-state index in [1.165, 1.54) is 19.1 Å². The predicted molar refractivity (Wildman–Crippen MR) is 47.7 cm³/mol. The number of rotatable bonds is 2. The molecule has 0 radical (unpaired) electrons. The van der Waals surface area contributed by atoms with Crippen molar-refractivity contribution in [3.63, 3.8) is 0 Å². The van der Waals surface area contributed by atoms with Crippen LogP contribution >= 0.6 is 0 Å². The molecule has 68 valence electrons. The van der Waals surface area contributed by atoms with Crippen LogP contribution in [-0.4, -0.2) is 13.1 Å². The molecule has 0 spiro atoms. The van der Waals surface area contributed by atoms with Crippen molar-refractivity contribution < 1.29 is 9.53 Å². The van der Waals surface area contributed by atoms with E-state index in [-0.39, 0.29) is 5.97 Å². The van der Waals surface area contributed by atoms with Gasteiger partial charge in [-0.2, -0.15) is 0 Å². The molecule has 1 aliphatic carbocycles. The van der Waals surface area contributed by atoms with Crippen molar-refractivity contribution in [2.45, 2.75) is 32.1 Å². The zero-order valence-corrected chi connectivity index (χ0v) is 7.64. The van der Waals surface area contributed by atoms with Gasteiger partial charge in [-0.15, -0.1) is 0 Å². The molecule has 1 fully saturated rings. The van der Waals surface area contributed by atoms with E-state index in [0.29, 0.717) is 12.3 Å². The minimum absolute atomic E-state index is 0.0882. The van der Waals surface area contributed by atoms with Crippen molar-refractivity contribution in [1.29, 1.82) is 0 Å². The average Bonchev–Trinajstić information content (AvgIpc) is 2.04.